The molecule has 2 rings (SSSR count). The standard InChI is InChI=1S/C19H20ClN3O6/c1-26-14-5-4-12(8-15(14)27-2)19(25)23-22-9-11-6-13(20)18(16(7-11)28-3)29-10-17(21)24/h4-9H,10H2,1-3H3,(H2,21,24)(H,23,25)/b22-9+. The molecular weight excluding hydrogens is 402 g/mol. The van der Waals surface area contributed by atoms with Crippen molar-refractivity contribution in [3.05, 3.63) is 46.5 Å². The van der Waals surface area contributed by atoms with E-state index in [2.05, 4.69) is 10.5 Å². The lowest BCUT2D eigenvalue weighted by atomic mass is 10.2. The number of methoxy groups -OCH3 is 3. The monoisotopic (exact) mass is 421 g/mol. The van der Waals surface area contributed by atoms with Gasteiger partial charge in [-0.3, -0.25) is 9.59 Å². The van der Waals surface area contributed by atoms with Crippen molar-refractivity contribution in [2.24, 2.45) is 10.8 Å². The molecule has 10 heteroatoms. The van der Waals surface area contributed by atoms with E-state index in [1.54, 1.807) is 18.2 Å². The largest absolute Gasteiger partial charge is 0.493 e. The molecule has 0 heterocycles. The molecule has 0 aliphatic carbocycles. The van der Waals surface area contributed by atoms with Crippen LogP contribution in [0.5, 0.6) is 23.0 Å². The third kappa shape index (κ3) is 5.76. The fraction of sp³-hybridized carbons (Fsp3) is 0.211. The van der Waals surface area contributed by atoms with Gasteiger partial charge in [0.05, 0.1) is 32.6 Å². The molecule has 0 saturated heterocycles. The number of rotatable bonds is 9. The highest BCUT2D eigenvalue weighted by Gasteiger charge is 2.13. The summed E-state index contributed by atoms with van der Waals surface area (Å²) in [5.41, 5.74) is 8.34. The van der Waals surface area contributed by atoms with Gasteiger partial charge < -0.3 is 24.7 Å². The van der Waals surface area contributed by atoms with Crippen LogP contribution in [-0.4, -0.2) is 46.0 Å². The number of benzene rings is 2. The number of primary amides is 1. The lowest BCUT2D eigenvalue weighted by molar-refractivity contribution is -0.119. The van der Waals surface area contributed by atoms with Gasteiger partial charge in [0.2, 0.25) is 0 Å². The summed E-state index contributed by atoms with van der Waals surface area (Å²) in [6.07, 6.45) is 1.38. The Hall–Kier alpha value is -3.46. The number of halogens is 1. The molecule has 0 unspecified atom stereocenters. The van der Waals surface area contributed by atoms with Crippen molar-refractivity contribution in [2.45, 2.75) is 0 Å². The topological polar surface area (TPSA) is 121 Å². The quantitative estimate of drug-likeness (QED) is 0.471. The lowest BCUT2D eigenvalue weighted by Gasteiger charge is -2.12. The molecular formula is C19H20ClN3O6. The second-order valence-electron chi connectivity index (χ2n) is 5.56. The van der Waals surface area contributed by atoms with Crippen LogP contribution in [0.3, 0.4) is 0 Å². The van der Waals surface area contributed by atoms with E-state index in [0.29, 0.717) is 22.6 Å². The van der Waals surface area contributed by atoms with Crippen LogP contribution in [0.4, 0.5) is 0 Å². The number of ether oxygens (including phenoxy) is 4. The molecule has 2 aromatic rings. The second kappa shape index (κ2) is 10.2. The maximum atomic E-state index is 12.3. The molecule has 0 radical (unpaired) electrons. The van der Waals surface area contributed by atoms with Crippen molar-refractivity contribution in [3.63, 3.8) is 0 Å². The van der Waals surface area contributed by atoms with Gasteiger partial charge in [-0.05, 0) is 35.9 Å². The van der Waals surface area contributed by atoms with E-state index in [-0.39, 0.29) is 23.1 Å². The fourth-order valence-electron chi connectivity index (χ4n) is 2.31. The molecule has 29 heavy (non-hydrogen) atoms. The van der Waals surface area contributed by atoms with Gasteiger partial charge in [-0.25, -0.2) is 5.43 Å². The van der Waals surface area contributed by atoms with Gasteiger partial charge in [-0.1, -0.05) is 11.6 Å². The number of hydrazone groups is 1. The first-order valence-corrected chi connectivity index (χ1v) is 8.61. The molecule has 154 valence electrons. The molecule has 0 fully saturated rings. The summed E-state index contributed by atoms with van der Waals surface area (Å²) < 4.78 is 20.8. The van der Waals surface area contributed by atoms with Crippen LogP contribution in [0.1, 0.15) is 15.9 Å². The Labute approximate surface area is 172 Å². The number of amides is 2. The van der Waals surface area contributed by atoms with Crippen LogP contribution >= 0.6 is 11.6 Å². The molecule has 9 nitrogen and oxygen atoms in total. The Balaban J connectivity index is 2.12. The molecule has 2 aromatic carbocycles. The Morgan fingerprint density at radius 3 is 2.38 bits per heavy atom. The van der Waals surface area contributed by atoms with Gasteiger partial charge >= 0.3 is 0 Å². The first-order chi connectivity index (χ1) is 13.9. The van der Waals surface area contributed by atoms with Crippen molar-refractivity contribution in [3.8, 4) is 23.0 Å². The van der Waals surface area contributed by atoms with Crippen LogP contribution < -0.4 is 30.1 Å². The third-order valence-corrected chi connectivity index (χ3v) is 3.92. The van der Waals surface area contributed by atoms with Gasteiger partial charge in [0.1, 0.15) is 0 Å². The minimum Gasteiger partial charge on any atom is -0.493 e. The minimum absolute atomic E-state index is 0.180. The Bertz CT molecular complexity index is 932. The van der Waals surface area contributed by atoms with Crippen LogP contribution in [0.25, 0.3) is 0 Å². The maximum Gasteiger partial charge on any atom is 0.271 e. The van der Waals surface area contributed by atoms with Crippen molar-refractivity contribution in [1.29, 1.82) is 0 Å². The molecule has 0 atom stereocenters. The number of nitrogens with zero attached hydrogens (tertiary/aromatic N) is 1. The number of nitrogens with two attached hydrogens (primary N) is 1. The number of carbonyl (C=O) groups excluding carboxylic acids is 2. The minimum atomic E-state index is -0.647. The van der Waals surface area contributed by atoms with E-state index < -0.39 is 11.8 Å². The zero-order valence-corrected chi connectivity index (χ0v) is 16.8. The van der Waals surface area contributed by atoms with E-state index >= 15 is 0 Å². The van der Waals surface area contributed by atoms with Gasteiger partial charge in [0, 0.05) is 5.56 Å². The zero-order chi connectivity index (χ0) is 21.4. The molecule has 0 aliphatic heterocycles. The average molecular weight is 422 g/mol. The zero-order valence-electron chi connectivity index (χ0n) is 16.0. The molecule has 0 spiro atoms. The molecule has 0 aliphatic rings. The first kappa shape index (κ1) is 21.8. The van der Waals surface area contributed by atoms with Crippen molar-refractivity contribution >= 4 is 29.6 Å². The smallest absolute Gasteiger partial charge is 0.271 e. The van der Waals surface area contributed by atoms with E-state index in [1.165, 1.54) is 39.7 Å². The highest BCUT2D eigenvalue weighted by Crippen LogP contribution is 2.36. The van der Waals surface area contributed by atoms with Gasteiger partial charge in [-0.2, -0.15) is 5.10 Å². The van der Waals surface area contributed by atoms with Crippen molar-refractivity contribution in [1.82, 2.24) is 5.43 Å². The summed E-state index contributed by atoms with van der Waals surface area (Å²) in [5.74, 6) is 0.305. The van der Waals surface area contributed by atoms with Crippen LogP contribution in [0.2, 0.25) is 5.02 Å². The summed E-state index contributed by atoms with van der Waals surface area (Å²) in [7, 11) is 4.40. The van der Waals surface area contributed by atoms with E-state index in [9.17, 15) is 9.59 Å². The lowest BCUT2D eigenvalue weighted by Crippen LogP contribution is -2.20. The Kier molecular flexibility index (Phi) is 7.67. The van der Waals surface area contributed by atoms with Gasteiger partial charge in [0.25, 0.3) is 11.8 Å². The molecule has 3 N–H and O–H groups in total. The molecule has 0 bridgehead atoms. The Morgan fingerprint density at radius 1 is 1.07 bits per heavy atom. The van der Waals surface area contributed by atoms with E-state index in [1.807, 2.05) is 0 Å². The highest BCUT2D eigenvalue weighted by atomic mass is 35.5. The molecule has 0 saturated carbocycles. The fourth-order valence-corrected chi connectivity index (χ4v) is 2.58. The first-order valence-electron chi connectivity index (χ1n) is 8.23. The van der Waals surface area contributed by atoms with Crippen LogP contribution in [-0.2, 0) is 4.79 Å². The predicted molar refractivity (Wildman–Crippen MR) is 107 cm³/mol. The summed E-state index contributed by atoms with van der Waals surface area (Å²) >= 11 is 6.16. The highest BCUT2D eigenvalue weighted by molar-refractivity contribution is 6.32. The average Bonchev–Trinajstić information content (AvgIpc) is 2.71. The summed E-state index contributed by atoms with van der Waals surface area (Å²) in [4.78, 5) is 23.1. The number of carbonyl (C=O) groups is 2. The number of hydrogen-bond donors (Lipinski definition) is 2. The van der Waals surface area contributed by atoms with E-state index in [4.69, 9.17) is 36.3 Å². The maximum absolute atomic E-state index is 12.3. The molecule has 2 amide bonds. The van der Waals surface area contributed by atoms with Crippen LogP contribution in [0, 0.1) is 0 Å². The summed E-state index contributed by atoms with van der Waals surface area (Å²) in [5, 5.41) is 4.10. The Morgan fingerprint density at radius 2 is 1.76 bits per heavy atom. The second-order valence-corrected chi connectivity index (χ2v) is 5.97. The van der Waals surface area contributed by atoms with Gasteiger partial charge in [0.15, 0.2) is 29.6 Å². The van der Waals surface area contributed by atoms with E-state index in [0.717, 1.165) is 0 Å². The predicted octanol–water partition coefficient (Wildman–Crippen LogP) is 1.99. The summed E-state index contributed by atoms with van der Waals surface area (Å²) in [6.45, 7) is -0.342. The van der Waals surface area contributed by atoms with Gasteiger partial charge in [-0.15, -0.1) is 0 Å². The van der Waals surface area contributed by atoms with Crippen LogP contribution in [0.15, 0.2) is 35.4 Å². The third-order valence-electron chi connectivity index (χ3n) is 3.64. The van der Waals surface area contributed by atoms with Crippen molar-refractivity contribution < 1.29 is 28.5 Å². The number of hydrogen-bond acceptors (Lipinski definition) is 7. The number of nitrogens with one attached hydrogen (secondary N) is 1. The summed E-state index contributed by atoms with van der Waals surface area (Å²) in [6, 6.07) is 7.85. The SMILES string of the molecule is COc1ccc(C(=O)N/N=C/c2cc(Cl)c(OCC(N)=O)c(OC)c2)cc1OC. The normalized spacial score (nSPS) is 10.5. The molecule has 0 aromatic heterocycles. The van der Waals surface area contributed by atoms with Crippen molar-refractivity contribution in [2.75, 3.05) is 27.9 Å².